The Morgan fingerprint density at radius 1 is 0.688 bits per heavy atom. The number of aromatic nitrogens is 2. The monoisotopic (exact) mass is 482 g/mol. The number of nitrogens with zero attached hydrogens (tertiary/aromatic N) is 2. The van der Waals surface area contributed by atoms with Crippen LogP contribution in [-0.4, -0.2) is 66.7 Å². The summed E-state index contributed by atoms with van der Waals surface area (Å²) in [7, 11) is 2.26. The van der Waals surface area contributed by atoms with Gasteiger partial charge in [-0.15, -0.1) is 0 Å². The topological polar surface area (TPSA) is 143 Å². The third kappa shape index (κ3) is 9.52. The zero-order valence-electron chi connectivity index (χ0n) is 17.3. The largest absolute Gasteiger partial charge is 0.480 e. The first kappa shape index (κ1) is 25.4. The zero-order chi connectivity index (χ0) is 23.3. The van der Waals surface area contributed by atoms with E-state index in [1.807, 2.05) is 58.2 Å². The van der Waals surface area contributed by atoms with Crippen LogP contribution in [0.15, 0.2) is 49.1 Å². The molecule has 2 rings (SSSR count). The molecule has 32 heavy (non-hydrogen) atoms. The van der Waals surface area contributed by atoms with Gasteiger partial charge in [0.05, 0.1) is 0 Å². The van der Waals surface area contributed by atoms with E-state index in [9.17, 15) is 29.4 Å². The highest BCUT2D eigenvalue weighted by Gasteiger charge is 2.23. The summed E-state index contributed by atoms with van der Waals surface area (Å²) in [4.78, 5) is 46.9. The van der Waals surface area contributed by atoms with Crippen LogP contribution in [0.2, 0.25) is 0 Å². The molecular formula is C20H26N4O6S2. The molecule has 0 aliphatic rings. The Labute approximate surface area is 193 Å². The summed E-state index contributed by atoms with van der Waals surface area (Å²) in [6.45, 7) is 0.884. The van der Waals surface area contributed by atoms with Crippen molar-refractivity contribution in [1.82, 2.24) is 19.8 Å². The Bertz CT molecular complexity index is 801. The van der Waals surface area contributed by atoms with Crippen LogP contribution in [0.5, 0.6) is 0 Å². The van der Waals surface area contributed by atoms with E-state index in [0.29, 0.717) is 13.1 Å². The number of carbonyl (C=O) groups excluding carboxylic acids is 2. The maximum atomic E-state index is 12.0. The van der Waals surface area contributed by atoms with Gasteiger partial charge in [0.15, 0.2) is 0 Å². The molecule has 10 nitrogen and oxygen atoms in total. The Kier molecular flexibility index (Phi) is 10.7. The SMILES string of the molecule is O=C(CCn1cccc1)N[C@@H](CSSC[C@H](NC(=O)CCn1cccc1)C(=O)O)C(=O)O. The summed E-state index contributed by atoms with van der Waals surface area (Å²) < 4.78 is 3.64. The van der Waals surface area contributed by atoms with Gasteiger partial charge in [0.2, 0.25) is 11.8 Å². The van der Waals surface area contributed by atoms with Crippen LogP contribution in [0.4, 0.5) is 0 Å². The Balaban J connectivity index is 1.69. The first-order valence-electron chi connectivity index (χ1n) is 9.85. The highest BCUT2D eigenvalue weighted by atomic mass is 33.1. The van der Waals surface area contributed by atoms with E-state index in [2.05, 4.69) is 10.6 Å². The fraction of sp³-hybridized carbons (Fsp3) is 0.400. The van der Waals surface area contributed by atoms with Crippen molar-refractivity contribution in [2.24, 2.45) is 0 Å². The van der Waals surface area contributed by atoms with Crippen LogP contribution in [0.1, 0.15) is 12.8 Å². The Morgan fingerprint density at radius 3 is 1.34 bits per heavy atom. The number of nitrogens with one attached hydrogen (secondary N) is 2. The molecule has 4 N–H and O–H groups in total. The minimum Gasteiger partial charge on any atom is -0.480 e. The molecule has 2 aromatic rings. The molecule has 0 bridgehead atoms. The van der Waals surface area contributed by atoms with Gasteiger partial charge in [-0.1, -0.05) is 21.6 Å². The van der Waals surface area contributed by atoms with Crippen molar-refractivity contribution in [2.45, 2.75) is 38.0 Å². The highest BCUT2D eigenvalue weighted by Crippen LogP contribution is 2.23. The smallest absolute Gasteiger partial charge is 0.327 e. The van der Waals surface area contributed by atoms with Crippen molar-refractivity contribution in [1.29, 1.82) is 0 Å². The van der Waals surface area contributed by atoms with Crippen molar-refractivity contribution in [3.63, 3.8) is 0 Å². The lowest BCUT2D eigenvalue weighted by Crippen LogP contribution is -2.43. The van der Waals surface area contributed by atoms with Crippen LogP contribution < -0.4 is 10.6 Å². The van der Waals surface area contributed by atoms with Crippen LogP contribution in [0.3, 0.4) is 0 Å². The summed E-state index contributed by atoms with van der Waals surface area (Å²) in [6.07, 6.45) is 7.54. The first-order valence-corrected chi connectivity index (χ1v) is 12.3. The maximum absolute atomic E-state index is 12.0. The molecule has 0 saturated carbocycles. The van der Waals surface area contributed by atoms with E-state index in [0.717, 1.165) is 21.6 Å². The van der Waals surface area contributed by atoms with E-state index in [-0.39, 0.29) is 36.2 Å². The van der Waals surface area contributed by atoms with Crippen LogP contribution >= 0.6 is 21.6 Å². The first-order chi connectivity index (χ1) is 15.3. The lowest BCUT2D eigenvalue weighted by Gasteiger charge is -2.16. The van der Waals surface area contributed by atoms with Crippen molar-refractivity contribution in [3.05, 3.63) is 49.1 Å². The number of carboxylic acid groups (broad SMARTS) is 2. The molecule has 12 heteroatoms. The number of aliphatic carboxylic acids is 2. The lowest BCUT2D eigenvalue weighted by atomic mass is 10.3. The number of hydrogen-bond donors (Lipinski definition) is 4. The molecule has 0 fully saturated rings. The van der Waals surface area contributed by atoms with E-state index < -0.39 is 24.0 Å². The Morgan fingerprint density at radius 2 is 1.03 bits per heavy atom. The summed E-state index contributed by atoms with van der Waals surface area (Å²) in [5.41, 5.74) is 0. The molecule has 0 aliphatic heterocycles. The molecule has 2 aromatic heterocycles. The van der Waals surface area contributed by atoms with Gasteiger partial charge in [-0.25, -0.2) is 9.59 Å². The number of aryl methyl sites for hydroxylation is 2. The minimum absolute atomic E-state index is 0.0587. The molecule has 0 spiro atoms. The van der Waals surface area contributed by atoms with Crippen LogP contribution in [0.25, 0.3) is 0 Å². The lowest BCUT2D eigenvalue weighted by molar-refractivity contribution is -0.141. The highest BCUT2D eigenvalue weighted by molar-refractivity contribution is 8.76. The molecule has 2 heterocycles. The molecule has 0 unspecified atom stereocenters. The fourth-order valence-corrected chi connectivity index (χ4v) is 4.92. The maximum Gasteiger partial charge on any atom is 0.327 e. The van der Waals surface area contributed by atoms with Crippen molar-refractivity contribution >= 4 is 45.3 Å². The van der Waals surface area contributed by atoms with Gasteiger partial charge in [0.1, 0.15) is 12.1 Å². The number of hydrogen-bond acceptors (Lipinski definition) is 6. The number of amides is 2. The molecule has 0 aliphatic carbocycles. The normalized spacial score (nSPS) is 12.6. The van der Waals surface area contributed by atoms with Crippen LogP contribution in [0, 0.1) is 0 Å². The number of rotatable bonds is 15. The minimum atomic E-state index is -1.17. The third-order valence-electron chi connectivity index (χ3n) is 4.35. The molecule has 0 aromatic carbocycles. The van der Waals surface area contributed by atoms with Crippen molar-refractivity contribution in [3.8, 4) is 0 Å². The second-order valence-corrected chi connectivity index (χ2v) is 9.38. The second-order valence-electron chi connectivity index (χ2n) is 6.83. The van der Waals surface area contributed by atoms with Gasteiger partial charge in [0.25, 0.3) is 0 Å². The van der Waals surface area contributed by atoms with Gasteiger partial charge < -0.3 is 30.0 Å². The number of carbonyl (C=O) groups is 4. The molecule has 2 amide bonds. The average Bonchev–Trinajstić information content (AvgIpc) is 3.45. The standard InChI is InChI=1S/C20H26N4O6S2/c25-17(5-11-23-7-1-2-8-23)21-15(19(27)28)13-31-32-14-16(20(29)30)22-18(26)6-12-24-9-3-4-10-24/h1-4,7-10,15-16H,5-6,11-14H2,(H,21,25)(H,22,26)(H,27,28)(H,29,30)/t15-,16-/m0/s1. The average molecular weight is 483 g/mol. The summed E-state index contributed by atoms with van der Waals surface area (Å²) >= 11 is 0. The number of carboxylic acids is 2. The molecule has 2 atom stereocenters. The molecule has 174 valence electrons. The summed E-state index contributed by atoms with van der Waals surface area (Å²) in [5, 5.41) is 23.6. The van der Waals surface area contributed by atoms with E-state index in [1.165, 1.54) is 0 Å². The van der Waals surface area contributed by atoms with E-state index >= 15 is 0 Å². The second kappa shape index (κ2) is 13.5. The van der Waals surface area contributed by atoms with Gasteiger partial charge in [-0.2, -0.15) is 0 Å². The van der Waals surface area contributed by atoms with E-state index in [4.69, 9.17) is 0 Å². The van der Waals surface area contributed by atoms with Gasteiger partial charge in [0, 0.05) is 62.2 Å². The van der Waals surface area contributed by atoms with Gasteiger partial charge >= 0.3 is 11.9 Å². The molecule has 0 saturated heterocycles. The van der Waals surface area contributed by atoms with Gasteiger partial charge in [-0.3, -0.25) is 9.59 Å². The predicted molar refractivity (Wildman–Crippen MR) is 122 cm³/mol. The zero-order valence-corrected chi connectivity index (χ0v) is 18.9. The molecular weight excluding hydrogens is 456 g/mol. The quantitative estimate of drug-likeness (QED) is 0.220. The fourth-order valence-electron chi connectivity index (χ4n) is 2.61. The summed E-state index contributed by atoms with van der Waals surface area (Å²) in [6, 6.07) is 5.15. The van der Waals surface area contributed by atoms with Crippen molar-refractivity contribution in [2.75, 3.05) is 11.5 Å². The Hall–Kier alpha value is -2.86. The van der Waals surface area contributed by atoms with Crippen molar-refractivity contribution < 1.29 is 29.4 Å². The van der Waals surface area contributed by atoms with E-state index in [1.54, 1.807) is 0 Å². The van der Waals surface area contributed by atoms with Gasteiger partial charge in [-0.05, 0) is 24.3 Å². The van der Waals surface area contributed by atoms with Crippen LogP contribution in [-0.2, 0) is 32.3 Å². The molecule has 0 radical (unpaired) electrons. The third-order valence-corrected chi connectivity index (χ3v) is 6.77. The predicted octanol–water partition coefficient (Wildman–Crippen LogP) is 1.29. The summed E-state index contributed by atoms with van der Waals surface area (Å²) in [5.74, 6) is -2.97.